The normalized spacial score (nSPS) is 23.9. The number of ether oxygens (including phenoxy) is 1. The lowest BCUT2D eigenvalue weighted by molar-refractivity contribution is -0.617. The molecule has 3 aliphatic carbocycles. The Morgan fingerprint density at radius 1 is 1.22 bits per heavy atom. The Labute approximate surface area is 217 Å². The van der Waals surface area contributed by atoms with E-state index in [0.717, 1.165) is 62.3 Å². The van der Waals surface area contributed by atoms with Crippen LogP contribution in [0, 0.1) is 17.0 Å². The van der Waals surface area contributed by atoms with Gasteiger partial charge in [-0.15, -0.1) is 0 Å². The molecule has 6 rings (SSSR count). The van der Waals surface area contributed by atoms with Gasteiger partial charge in [0.1, 0.15) is 5.75 Å². The van der Waals surface area contributed by atoms with E-state index in [9.17, 15) is 15.1 Å². The third-order valence-electron chi connectivity index (χ3n) is 8.37. The van der Waals surface area contributed by atoms with Crippen molar-refractivity contribution in [2.45, 2.75) is 82.8 Å². The molecular weight excluding hydrogens is 468 g/mol. The Morgan fingerprint density at radius 3 is 2.65 bits per heavy atom. The lowest BCUT2D eigenvalue weighted by Gasteiger charge is -2.36. The standard InChI is InChI=1S/C29H36N4O4/c1-18(2)25-4-3-5-26(33(25)36)28(34)30-24-14-20-16-32(22-10-12-29(35,13-11-22)21-8-9-21)31-23(20)15-27(24)37-17-19-6-7-19/h3-5,14-16,18-19,21-22,35H,6-13,17H2,1-2H3,(H,30,34). The molecule has 0 unspecified atom stereocenters. The number of hydrogen-bond donors (Lipinski definition) is 2. The van der Waals surface area contributed by atoms with Crippen molar-refractivity contribution in [1.82, 2.24) is 9.78 Å². The van der Waals surface area contributed by atoms with Crippen LogP contribution in [0.15, 0.2) is 36.5 Å². The average Bonchev–Trinajstić information content (AvgIpc) is 3.80. The number of aromatic nitrogens is 3. The topological polar surface area (TPSA) is 103 Å². The molecule has 2 aromatic heterocycles. The molecule has 3 aliphatic rings. The van der Waals surface area contributed by atoms with Crippen molar-refractivity contribution in [2.75, 3.05) is 11.9 Å². The fraction of sp³-hybridized carbons (Fsp3) is 0.552. The highest BCUT2D eigenvalue weighted by molar-refractivity contribution is 6.04. The number of carbonyl (C=O) groups excluding carboxylic acids is 1. The largest absolute Gasteiger partial charge is 0.618 e. The highest BCUT2D eigenvalue weighted by atomic mass is 16.5. The summed E-state index contributed by atoms with van der Waals surface area (Å²) in [4.78, 5) is 13.2. The van der Waals surface area contributed by atoms with Gasteiger partial charge in [-0.1, -0.05) is 13.8 Å². The van der Waals surface area contributed by atoms with E-state index >= 15 is 0 Å². The number of anilines is 1. The maximum absolute atomic E-state index is 13.2. The molecule has 3 saturated carbocycles. The SMILES string of the molecule is CC(C)c1cccc(C(=O)Nc2cc3cn(C4CCC(O)(C5CC5)CC4)nc3cc2OCC2CC2)[n+]1[O-]. The summed E-state index contributed by atoms with van der Waals surface area (Å²) in [6.07, 6.45) is 10.1. The van der Waals surface area contributed by atoms with E-state index < -0.39 is 11.5 Å². The fourth-order valence-electron chi connectivity index (χ4n) is 5.66. The maximum Gasteiger partial charge on any atom is 0.321 e. The minimum atomic E-state index is -0.490. The van der Waals surface area contributed by atoms with Crippen LogP contribution in [-0.2, 0) is 0 Å². The first-order valence-corrected chi connectivity index (χ1v) is 13.7. The lowest BCUT2D eigenvalue weighted by Crippen LogP contribution is -2.41. The molecule has 0 saturated heterocycles. The lowest BCUT2D eigenvalue weighted by atomic mass is 9.79. The van der Waals surface area contributed by atoms with Crippen LogP contribution in [0.25, 0.3) is 10.9 Å². The number of rotatable bonds is 8. The van der Waals surface area contributed by atoms with Crippen LogP contribution in [0.5, 0.6) is 5.75 Å². The molecule has 0 bridgehead atoms. The van der Waals surface area contributed by atoms with E-state index in [0.29, 0.717) is 40.3 Å². The summed E-state index contributed by atoms with van der Waals surface area (Å²) in [6, 6.07) is 9.06. The predicted molar refractivity (Wildman–Crippen MR) is 141 cm³/mol. The number of nitrogens with zero attached hydrogens (tertiary/aromatic N) is 3. The first-order chi connectivity index (χ1) is 17.8. The zero-order valence-electron chi connectivity index (χ0n) is 21.7. The second kappa shape index (κ2) is 9.31. The highest BCUT2D eigenvalue weighted by Crippen LogP contribution is 2.49. The number of carbonyl (C=O) groups is 1. The molecule has 0 radical (unpaired) electrons. The van der Waals surface area contributed by atoms with Gasteiger partial charge in [0, 0.05) is 35.7 Å². The predicted octanol–water partition coefficient (Wildman–Crippen LogP) is 5.09. The second-order valence-corrected chi connectivity index (χ2v) is 11.6. The number of hydrogen-bond acceptors (Lipinski definition) is 5. The van der Waals surface area contributed by atoms with Gasteiger partial charge in [-0.05, 0) is 75.3 Å². The second-order valence-electron chi connectivity index (χ2n) is 11.6. The van der Waals surface area contributed by atoms with Crippen LogP contribution in [0.3, 0.4) is 0 Å². The van der Waals surface area contributed by atoms with Crippen molar-refractivity contribution >= 4 is 22.5 Å². The third kappa shape index (κ3) is 4.91. The number of aliphatic hydroxyl groups is 1. The Morgan fingerprint density at radius 2 is 1.97 bits per heavy atom. The molecule has 0 spiro atoms. The van der Waals surface area contributed by atoms with Crippen LogP contribution in [0.1, 0.15) is 93.4 Å². The molecule has 0 atom stereocenters. The minimum Gasteiger partial charge on any atom is -0.618 e. The quantitative estimate of drug-likeness (QED) is 0.329. The van der Waals surface area contributed by atoms with Gasteiger partial charge in [0.05, 0.1) is 29.5 Å². The van der Waals surface area contributed by atoms with Crippen molar-refractivity contribution in [2.24, 2.45) is 11.8 Å². The maximum atomic E-state index is 13.2. The summed E-state index contributed by atoms with van der Waals surface area (Å²) in [6.45, 7) is 4.46. The van der Waals surface area contributed by atoms with Crippen LogP contribution >= 0.6 is 0 Å². The molecule has 196 valence electrons. The molecule has 37 heavy (non-hydrogen) atoms. The Kier molecular flexibility index (Phi) is 6.10. The smallest absolute Gasteiger partial charge is 0.321 e. The zero-order chi connectivity index (χ0) is 25.7. The molecule has 0 aliphatic heterocycles. The van der Waals surface area contributed by atoms with Crippen LogP contribution < -0.4 is 14.8 Å². The van der Waals surface area contributed by atoms with Crippen molar-refractivity contribution in [3.63, 3.8) is 0 Å². The van der Waals surface area contributed by atoms with E-state index in [-0.39, 0.29) is 17.7 Å². The van der Waals surface area contributed by atoms with Crippen molar-refractivity contribution in [1.29, 1.82) is 0 Å². The number of pyridine rings is 1. The third-order valence-corrected chi connectivity index (χ3v) is 8.37. The Bertz CT molecular complexity index is 1320. The van der Waals surface area contributed by atoms with Gasteiger partial charge in [-0.3, -0.25) is 9.48 Å². The van der Waals surface area contributed by atoms with Gasteiger partial charge in [-0.2, -0.15) is 9.83 Å². The average molecular weight is 505 g/mol. The van der Waals surface area contributed by atoms with Gasteiger partial charge < -0.3 is 20.4 Å². The van der Waals surface area contributed by atoms with E-state index in [1.54, 1.807) is 18.2 Å². The molecule has 3 fully saturated rings. The zero-order valence-corrected chi connectivity index (χ0v) is 21.7. The summed E-state index contributed by atoms with van der Waals surface area (Å²) in [7, 11) is 0. The molecule has 8 nitrogen and oxygen atoms in total. The fourth-order valence-corrected chi connectivity index (χ4v) is 5.66. The van der Waals surface area contributed by atoms with Gasteiger partial charge in [0.15, 0.2) is 5.69 Å². The van der Waals surface area contributed by atoms with Gasteiger partial charge in [-0.25, -0.2) is 0 Å². The number of fused-ring (bicyclic) bond motifs is 1. The summed E-state index contributed by atoms with van der Waals surface area (Å²) >= 11 is 0. The van der Waals surface area contributed by atoms with Crippen LogP contribution in [0.2, 0.25) is 0 Å². The summed E-state index contributed by atoms with van der Waals surface area (Å²) in [5, 5.41) is 32.5. The van der Waals surface area contributed by atoms with E-state index in [4.69, 9.17) is 9.84 Å². The van der Waals surface area contributed by atoms with E-state index in [2.05, 4.69) is 5.32 Å². The highest BCUT2D eigenvalue weighted by Gasteiger charge is 2.45. The van der Waals surface area contributed by atoms with E-state index in [1.807, 2.05) is 36.9 Å². The van der Waals surface area contributed by atoms with Crippen molar-refractivity contribution in [3.05, 3.63) is 53.1 Å². The molecule has 1 aromatic carbocycles. The van der Waals surface area contributed by atoms with Crippen molar-refractivity contribution < 1.29 is 19.4 Å². The number of benzene rings is 1. The van der Waals surface area contributed by atoms with Gasteiger partial charge in [0.25, 0.3) is 5.69 Å². The molecule has 2 N–H and O–H groups in total. The first-order valence-electron chi connectivity index (χ1n) is 13.7. The first kappa shape index (κ1) is 24.2. The monoisotopic (exact) mass is 504 g/mol. The minimum absolute atomic E-state index is 0.00456. The molecule has 2 heterocycles. The molecule has 1 amide bonds. The van der Waals surface area contributed by atoms with Gasteiger partial charge in [0.2, 0.25) is 0 Å². The Hall–Kier alpha value is -3.13. The van der Waals surface area contributed by atoms with Gasteiger partial charge >= 0.3 is 5.91 Å². The number of amides is 1. The van der Waals surface area contributed by atoms with Crippen molar-refractivity contribution in [3.8, 4) is 5.75 Å². The molecule has 3 aromatic rings. The molecule has 8 heteroatoms. The molecular formula is C29H36N4O4. The summed E-state index contributed by atoms with van der Waals surface area (Å²) in [5.74, 6) is 1.15. The van der Waals surface area contributed by atoms with Crippen LogP contribution in [0.4, 0.5) is 5.69 Å². The summed E-state index contributed by atoms with van der Waals surface area (Å²) in [5.41, 5.74) is 1.47. The number of nitrogens with one attached hydrogen (secondary N) is 1. The van der Waals surface area contributed by atoms with E-state index in [1.165, 1.54) is 0 Å². The van der Waals surface area contributed by atoms with Crippen LogP contribution in [-0.4, -0.2) is 33.0 Å². The Balaban J connectivity index is 1.27. The summed E-state index contributed by atoms with van der Waals surface area (Å²) < 4.78 is 8.87.